The maximum Gasteiger partial charge on any atom is 0.346 e. The lowest BCUT2D eigenvalue weighted by Crippen LogP contribution is -2.40. The molecule has 0 bridgehead atoms. The zero-order chi connectivity index (χ0) is 24.0. The van der Waals surface area contributed by atoms with E-state index in [1.54, 1.807) is 0 Å². The molecular formula is C29H29NO4S. The Kier molecular flexibility index (Phi) is 7.42. The van der Waals surface area contributed by atoms with Crippen molar-refractivity contribution in [3.63, 3.8) is 0 Å². The summed E-state index contributed by atoms with van der Waals surface area (Å²) in [6.45, 7) is 2.85. The van der Waals surface area contributed by atoms with Gasteiger partial charge in [-0.3, -0.25) is 0 Å². The molecule has 35 heavy (non-hydrogen) atoms. The van der Waals surface area contributed by atoms with Crippen LogP contribution in [-0.4, -0.2) is 36.9 Å². The van der Waals surface area contributed by atoms with Gasteiger partial charge in [-0.05, 0) is 70.1 Å². The summed E-state index contributed by atoms with van der Waals surface area (Å²) in [6, 6.07) is 25.0. The Morgan fingerprint density at radius 2 is 1.86 bits per heavy atom. The van der Waals surface area contributed by atoms with Gasteiger partial charge in [-0.2, -0.15) is 0 Å². The lowest BCUT2D eigenvalue weighted by molar-refractivity contribution is 0.0106. The normalized spacial score (nSPS) is 17.9. The molecule has 2 atom stereocenters. The van der Waals surface area contributed by atoms with Crippen LogP contribution in [0, 0.1) is 0 Å². The van der Waals surface area contributed by atoms with Crippen molar-refractivity contribution in [1.29, 1.82) is 0 Å². The Bertz CT molecular complexity index is 1280. The van der Waals surface area contributed by atoms with Gasteiger partial charge in [-0.15, -0.1) is 11.3 Å². The van der Waals surface area contributed by atoms with Crippen LogP contribution in [0.4, 0.5) is 0 Å². The van der Waals surface area contributed by atoms with Crippen molar-refractivity contribution >= 4 is 28.1 Å². The van der Waals surface area contributed by atoms with E-state index in [-0.39, 0.29) is 6.10 Å². The standard InChI is InChI=1S/C29H29NO4S/c31-29(32)28-23(13-16-35-28)12-15-33-25-9-7-22(8-10-25)26-11-14-30-18-27(26)34-19-20-5-6-21-3-1-2-4-24(21)17-20/h1-10,13,16-17,26-27,30H,11-12,14-15,18-19H2,(H,31,32). The quantitative estimate of drug-likeness (QED) is 0.308. The SMILES string of the molecule is O=C(O)c1sccc1CCOc1ccc(C2CCNCC2OCc2ccc3ccccc3c2)cc1. The van der Waals surface area contributed by atoms with Gasteiger partial charge >= 0.3 is 5.97 Å². The highest BCUT2D eigenvalue weighted by Crippen LogP contribution is 2.30. The molecule has 1 aliphatic rings. The van der Waals surface area contributed by atoms with Crippen molar-refractivity contribution in [2.75, 3.05) is 19.7 Å². The third-order valence-electron chi connectivity index (χ3n) is 6.59. The van der Waals surface area contributed by atoms with E-state index in [9.17, 15) is 9.90 Å². The molecule has 180 valence electrons. The van der Waals surface area contributed by atoms with E-state index < -0.39 is 5.97 Å². The van der Waals surface area contributed by atoms with E-state index in [0.717, 1.165) is 30.8 Å². The van der Waals surface area contributed by atoms with Gasteiger partial charge in [0.05, 0.1) is 19.3 Å². The molecule has 1 saturated heterocycles. The third kappa shape index (κ3) is 5.73. The molecule has 2 heterocycles. The number of fused-ring (bicyclic) bond motifs is 1. The minimum atomic E-state index is -0.876. The van der Waals surface area contributed by atoms with Crippen molar-refractivity contribution in [3.05, 3.63) is 99.7 Å². The monoisotopic (exact) mass is 487 g/mol. The number of piperidine rings is 1. The number of hydrogen-bond acceptors (Lipinski definition) is 5. The number of benzene rings is 3. The second-order valence-electron chi connectivity index (χ2n) is 8.88. The lowest BCUT2D eigenvalue weighted by Gasteiger charge is -2.32. The van der Waals surface area contributed by atoms with Crippen molar-refractivity contribution < 1.29 is 19.4 Å². The largest absolute Gasteiger partial charge is 0.493 e. The van der Waals surface area contributed by atoms with E-state index in [0.29, 0.717) is 30.4 Å². The number of thiophene rings is 1. The zero-order valence-electron chi connectivity index (χ0n) is 19.5. The lowest BCUT2D eigenvalue weighted by atomic mass is 9.87. The van der Waals surface area contributed by atoms with Crippen LogP contribution in [0.25, 0.3) is 10.8 Å². The van der Waals surface area contributed by atoms with Crippen LogP contribution in [0.2, 0.25) is 0 Å². The molecular weight excluding hydrogens is 458 g/mol. The third-order valence-corrected chi connectivity index (χ3v) is 7.54. The van der Waals surface area contributed by atoms with E-state index in [4.69, 9.17) is 9.47 Å². The number of aromatic carboxylic acids is 1. The second-order valence-corrected chi connectivity index (χ2v) is 9.79. The highest BCUT2D eigenvalue weighted by molar-refractivity contribution is 7.12. The van der Waals surface area contributed by atoms with Gasteiger partial charge < -0.3 is 19.9 Å². The summed E-state index contributed by atoms with van der Waals surface area (Å²) in [5, 5.41) is 17.0. The van der Waals surface area contributed by atoms with Gasteiger partial charge in [0.2, 0.25) is 0 Å². The van der Waals surface area contributed by atoms with E-state index in [2.05, 4.69) is 59.9 Å². The molecule has 0 spiro atoms. The zero-order valence-corrected chi connectivity index (χ0v) is 20.3. The van der Waals surface area contributed by atoms with Crippen LogP contribution >= 0.6 is 11.3 Å². The summed E-state index contributed by atoms with van der Waals surface area (Å²) in [7, 11) is 0. The topological polar surface area (TPSA) is 67.8 Å². The highest BCUT2D eigenvalue weighted by Gasteiger charge is 2.27. The molecule has 5 nitrogen and oxygen atoms in total. The number of carboxylic acids is 1. The Morgan fingerprint density at radius 1 is 1.03 bits per heavy atom. The number of ether oxygens (including phenoxy) is 2. The fourth-order valence-corrected chi connectivity index (χ4v) is 5.52. The van der Waals surface area contributed by atoms with Gasteiger partial charge in [0.1, 0.15) is 10.6 Å². The van der Waals surface area contributed by atoms with E-state index in [1.165, 1.54) is 33.2 Å². The Hall–Kier alpha value is -3.19. The van der Waals surface area contributed by atoms with Gasteiger partial charge in [0.25, 0.3) is 0 Å². The van der Waals surface area contributed by atoms with Crippen LogP contribution in [0.3, 0.4) is 0 Å². The average Bonchev–Trinajstić information content (AvgIpc) is 3.37. The molecule has 0 aliphatic carbocycles. The fraction of sp³-hybridized carbons (Fsp3) is 0.276. The van der Waals surface area contributed by atoms with Gasteiger partial charge in [0.15, 0.2) is 0 Å². The van der Waals surface area contributed by atoms with E-state index >= 15 is 0 Å². The molecule has 4 aromatic rings. The molecule has 3 aromatic carbocycles. The first-order valence-electron chi connectivity index (χ1n) is 12.0. The molecule has 2 N–H and O–H groups in total. The maximum atomic E-state index is 11.3. The number of carboxylic acid groups (broad SMARTS) is 1. The molecule has 5 rings (SSSR count). The van der Waals surface area contributed by atoms with E-state index in [1.807, 2.05) is 23.6 Å². The Labute approximate surface area is 209 Å². The number of carbonyl (C=O) groups is 1. The molecule has 0 saturated carbocycles. The fourth-order valence-electron chi connectivity index (χ4n) is 4.73. The minimum Gasteiger partial charge on any atom is -0.493 e. The predicted molar refractivity (Wildman–Crippen MR) is 140 cm³/mol. The first kappa shape index (κ1) is 23.5. The predicted octanol–water partition coefficient (Wildman–Crippen LogP) is 5.88. The summed E-state index contributed by atoms with van der Waals surface area (Å²) in [4.78, 5) is 11.7. The summed E-state index contributed by atoms with van der Waals surface area (Å²) in [5.74, 6) is 0.247. The number of rotatable bonds is 9. The summed E-state index contributed by atoms with van der Waals surface area (Å²) in [6.07, 6.45) is 1.71. The van der Waals surface area contributed by atoms with Crippen LogP contribution < -0.4 is 10.1 Å². The highest BCUT2D eigenvalue weighted by atomic mass is 32.1. The Balaban J connectivity index is 1.18. The first-order chi connectivity index (χ1) is 17.2. The van der Waals surface area contributed by atoms with Crippen LogP contribution in [-0.2, 0) is 17.8 Å². The molecule has 0 radical (unpaired) electrons. The van der Waals surface area contributed by atoms with Crippen LogP contribution in [0.1, 0.15) is 38.7 Å². The smallest absolute Gasteiger partial charge is 0.346 e. The summed E-state index contributed by atoms with van der Waals surface area (Å²) in [5.41, 5.74) is 3.27. The van der Waals surface area contributed by atoms with Crippen molar-refractivity contribution in [2.45, 2.75) is 31.5 Å². The van der Waals surface area contributed by atoms with Crippen LogP contribution in [0.15, 0.2) is 78.2 Å². The minimum absolute atomic E-state index is 0.106. The van der Waals surface area contributed by atoms with Gasteiger partial charge in [-0.25, -0.2) is 4.79 Å². The average molecular weight is 488 g/mol. The van der Waals surface area contributed by atoms with Crippen LogP contribution in [0.5, 0.6) is 5.75 Å². The van der Waals surface area contributed by atoms with Gasteiger partial charge in [0, 0.05) is 18.9 Å². The van der Waals surface area contributed by atoms with Crippen molar-refractivity contribution in [3.8, 4) is 5.75 Å². The van der Waals surface area contributed by atoms with Crippen molar-refractivity contribution in [1.82, 2.24) is 5.32 Å². The molecule has 0 amide bonds. The first-order valence-corrected chi connectivity index (χ1v) is 12.9. The molecule has 1 aromatic heterocycles. The maximum absolute atomic E-state index is 11.3. The van der Waals surface area contributed by atoms with Crippen molar-refractivity contribution in [2.24, 2.45) is 0 Å². The summed E-state index contributed by atoms with van der Waals surface area (Å²) >= 11 is 1.25. The molecule has 1 fully saturated rings. The number of nitrogens with one attached hydrogen (secondary N) is 1. The molecule has 6 heteroatoms. The molecule has 1 aliphatic heterocycles. The van der Waals surface area contributed by atoms with Gasteiger partial charge in [-0.1, -0.05) is 48.5 Å². The summed E-state index contributed by atoms with van der Waals surface area (Å²) < 4.78 is 12.3. The second kappa shape index (κ2) is 11.0. The number of hydrogen-bond donors (Lipinski definition) is 2. The Morgan fingerprint density at radius 3 is 2.69 bits per heavy atom. The molecule has 2 unspecified atom stereocenters.